The summed E-state index contributed by atoms with van der Waals surface area (Å²) in [5, 5.41) is 4.39. The van der Waals surface area contributed by atoms with Crippen LogP contribution in [0.3, 0.4) is 0 Å². The minimum atomic E-state index is -0.0913. The van der Waals surface area contributed by atoms with Gasteiger partial charge in [0.2, 0.25) is 0 Å². The Labute approximate surface area is 135 Å². The van der Waals surface area contributed by atoms with Gasteiger partial charge in [0, 0.05) is 32.2 Å². The number of carbonyl (C=O) groups excluding carboxylic acids is 1. The highest BCUT2D eigenvalue weighted by molar-refractivity contribution is 5.92. The van der Waals surface area contributed by atoms with Gasteiger partial charge in [-0.15, -0.1) is 0 Å². The van der Waals surface area contributed by atoms with Crippen molar-refractivity contribution in [3.8, 4) is 0 Å². The van der Waals surface area contributed by atoms with Crippen LogP contribution < -0.4 is 0 Å². The SMILES string of the molecule is CCOCCC1CN(C(=O)c2cnc(C)cn2)Cc2ccnn21. The maximum Gasteiger partial charge on any atom is 0.274 e. The van der Waals surface area contributed by atoms with Gasteiger partial charge in [-0.2, -0.15) is 5.10 Å². The van der Waals surface area contributed by atoms with Crippen molar-refractivity contribution in [3.05, 3.63) is 41.7 Å². The van der Waals surface area contributed by atoms with E-state index in [1.165, 1.54) is 0 Å². The summed E-state index contributed by atoms with van der Waals surface area (Å²) in [7, 11) is 0. The highest BCUT2D eigenvalue weighted by atomic mass is 16.5. The van der Waals surface area contributed by atoms with Crippen LogP contribution in [0.5, 0.6) is 0 Å². The molecule has 122 valence electrons. The monoisotopic (exact) mass is 315 g/mol. The van der Waals surface area contributed by atoms with Crippen LogP contribution in [-0.2, 0) is 11.3 Å². The first-order valence-corrected chi connectivity index (χ1v) is 7.87. The number of hydrogen-bond acceptors (Lipinski definition) is 5. The fourth-order valence-electron chi connectivity index (χ4n) is 2.78. The molecule has 0 saturated carbocycles. The van der Waals surface area contributed by atoms with E-state index in [2.05, 4.69) is 15.1 Å². The molecule has 0 spiro atoms. The lowest BCUT2D eigenvalue weighted by atomic mass is 10.1. The third-order valence-electron chi connectivity index (χ3n) is 3.97. The summed E-state index contributed by atoms with van der Waals surface area (Å²) < 4.78 is 7.46. The fourth-order valence-corrected chi connectivity index (χ4v) is 2.78. The minimum Gasteiger partial charge on any atom is -0.382 e. The van der Waals surface area contributed by atoms with Crippen LogP contribution >= 0.6 is 0 Å². The topological polar surface area (TPSA) is 73.1 Å². The number of nitrogens with zero attached hydrogens (tertiary/aromatic N) is 5. The van der Waals surface area contributed by atoms with Crippen molar-refractivity contribution in [2.75, 3.05) is 19.8 Å². The van der Waals surface area contributed by atoms with Crippen LogP contribution in [0.25, 0.3) is 0 Å². The van der Waals surface area contributed by atoms with Gasteiger partial charge >= 0.3 is 0 Å². The third kappa shape index (κ3) is 3.39. The summed E-state index contributed by atoms with van der Waals surface area (Å²) in [6.07, 6.45) is 5.77. The van der Waals surface area contributed by atoms with Crippen LogP contribution in [0.1, 0.15) is 41.3 Å². The lowest BCUT2D eigenvalue weighted by molar-refractivity contribution is 0.0619. The lowest BCUT2D eigenvalue weighted by Gasteiger charge is -2.33. The van der Waals surface area contributed by atoms with Crippen LogP contribution in [-0.4, -0.2) is 50.3 Å². The van der Waals surface area contributed by atoms with E-state index in [1.807, 2.05) is 29.5 Å². The van der Waals surface area contributed by atoms with Crippen molar-refractivity contribution in [2.24, 2.45) is 0 Å². The fraction of sp³-hybridized carbons (Fsp3) is 0.500. The molecular formula is C16H21N5O2. The maximum absolute atomic E-state index is 12.7. The number of rotatable bonds is 5. The zero-order chi connectivity index (χ0) is 16.2. The Morgan fingerprint density at radius 2 is 2.26 bits per heavy atom. The van der Waals surface area contributed by atoms with Gasteiger partial charge < -0.3 is 9.64 Å². The summed E-state index contributed by atoms with van der Waals surface area (Å²) >= 11 is 0. The van der Waals surface area contributed by atoms with Crippen molar-refractivity contribution in [1.82, 2.24) is 24.6 Å². The lowest BCUT2D eigenvalue weighted by Crippen LogP contribution is -2.42. The van der Waals surface area contributed by atoms with E-state index in [1.54, 1.807) is 18.6 Å². The van der Waals surface area contributed by atoms with Crippen molar-refractivity contribution in [2.45, 2.75) is 32.9 Å². The summed E-state index contributed by atoms with van der Waals surface area (Å²) in [4.78, 5) is 22.9. The molecular weight excluding hydrogens is 294 g/mol. The van der Waals surface area contributed by atoms with E-state index in [0.29, 0.717) is 32.0 Å². The summed E-state index contributed by atoms with van der Waals surface area (Å²) in [6, 6.07) is 2.08. The number of carbonyl (C=O) groups is 1. The van der Waals surface area contributed by atoms with E-state index in [-0.39, 0.29) is 11.9 Å². The average molecular weight is 315 g/mol. The second kappa shape index (κ2) is 6.87. The molecule has 23 heavy (non-hydrogen) atoms. The molecule has 0 radical (unpaired) electrons. The second-order valence-corrected chi connectivity index (χ2v) is 5.64. The van der Waals surface area contributed by atoms with Crippen LogP contribution in [0.2, 0.25) is 0 Å². The molecule has 0 bridgehead atoms. The minimum absolute atomic E-state index is 0.0913. The number of aryl methyl sites for hydroxylation is 1. The molecule has 1 aliphatic rings. The molecule has 7 heteroatoms. The summed E-state index contributed by atoms with van der Waals surface area (Å²) in [5.74, 6) is -0.0913. The molecule has 0 aliphatic carbocycles. The predicted molar refractivity (Wildman–Crippen MR) is 83.9 cm³/mol. The smallest absolute Gasteiger partial charge is 0.274 e. The molecule has 0 N–H and O–H groups in total. The van der Waals surface area contributed by atoms with E-state index >= 15 is 0 Å². The van der Waals surface area contributed by atoms with Gasteiger partial charge in [-0.1, -0.05) is 0 Å². The summed E-state index contributed by atoms with van der Waals surface area (Å²) in [6.45, 7) is 6.33. The molecule has 3 heterocycles. The van der Waals surface area contributed by atoms with E-state index in [4.69, 9.17) is 4.74 Å². The van der Waals surface area contributed by atoms with E-state index in [9.17, 15) is 4.79 Å². The van der Waals surface area contributed by atoms with E-state index in [0.717, 1.165) is 17.8 Å². The summed E-state index contributed by atoms with van der Waals surface area (Å²) in [5.41, 5.74) is 2.21. The first-order chi connectivity index (χ1) is 11.2. The Bertz CT molecular complexity index is 667. The first kappa shape index (κ1) is 15.6. The van der Waals surface area contributed by atoms with Gasteiger partial charge in [0.1, 0.15) is 5.69 Å². The zero-order valence-electron chi connectivity index (χ0n) is 13.5. The molecule has 3 rings (SSSR count). The Morgan fingerprint density at radius 3 is 3.00 bits per heavy atom. The maximum atomic E-state index is 12.7. The Kier molecular flexibility index (Phi) is 4.66. The van der Waals surface area contributed by atoms with Crippen molar-refractivity contribution >= 4 is 5.91 Å². The van der Waals surface area contributed by atoms with Crippen LogP contribution in [0.15, 0.2) is 24.7 Å². The molecule has 1 amide bonds. The Morgan fingerprint density at radius 1 is 1.39 bits per heavy atom. The van der Waals surface area contributed by atoms with Crippen LogP contribution in [0.4, 0.5) is 0 Å². The normalized spacial score (nSPS) is 17.1. The molecule has 2 aromatic heterocycles. The number of ether oxygens (including phenoxy) is 1. The third-order valence-corrected chi connectivity index (χ3v) is 3.97. The zero-order valence-corrected chi connectivity index (χ0v) is 13.5. The molecule has 1 aliphatic heterocycles. The van der Waals surface area contributed by atoms with Gasteiger partial charge in [0.05, 0.1) is 30.2 Å². The Hall–Kier alpha value is -2.28. The highest BCUT2D eigenvalue weighted by Crippen LogP contribution is 2.24. The number of hydrogen-bond donors (Lipinski definition) is 0. The van der Waals surface area contributed by atoms with Gasteiger partial charge in [-0.05, 0) is 26.3 Å². The number of fused-ring (bicyclic) bond motifs is 1. The van der Waals surface area contributed by atoms with Crippen molar-refractivity contribution < 1.29 is 9.53 Å². The standard InChI is InChI=1S/C16H21N5O2/c1-3-23-7-5-14-11-20(10-13-4-6-19-21(13)14)16(22)15-9-17-12(2)8-18-15/h4,6,8-9,14H,3,5,7,10-11H2,1-2H3. The number of aromatic nitrogens is 4. The van der Waals surface area contributed by atoms with Gasteiger partial charge in [0.25, 0.3) is 5.91 Å². The molecule has 2 aromatic rings. The molecule has 1 unspecified atom stereocenters. The largest absolute Gasteiger partial charge is 0.382 e. The molecule has 0 fully saturated rings. The quantitative estimate of drug-likeness (QED) is 0.784. The van der Waals surface area contributed by atoms with Gasteiger partial charge in [-0.25, -0.2) is 4.98 Å². The molecule has 7 nitrogen and oxygen atoms in total. The molecule has 0 aromatic carbocycles. The van der Waals surface area contributed by atoms with Gasteiger partial charge in [0.15, 0.2) is 0 Å². The predicted octanol–water partition coefficient (Wildman–Crippen LogP) is 1.61. The second-order valence-electron chi connectivity index (χ2n) is 5.64. The molecule has 1 atom stereocenters. The Balaban J connectivity index is 1.76. The number of amides is 1. The van der Waals surface area contributed by atoms with Crippen LogP contribution in [0, 0.1) is 6.92 Å². The van der Waals surface area contributed by atoms with Crippen molar-refractivity contribution in [3.63, 3.8) is 0 Å². The first-order valence-electron chi connectivity index (χ1n) is 7.87. The highest BCUT2D eigenvalue weighted by Gasteiger charge is 2.29. The van der Waals surface area contributed by atoms with Gasteiger partial charge in [-0.3, -0.25) is 14.5 Å². The molecule has 0 saturated heterocycles. The average Bonchev–Trinajstić information content (AvgIpc) is 3.03. The van der Waals surface area contributed by atoms with Crippen molar-refractivity contribution in [1.29, 1.82) is 0 Å². The van der Waals surface area contributed by atoms with E-state index < -0.39 is 0 Å².